The molecule has 4 rings (SSSR count). The number of nitrogens with zero attached hydrogens (tertiary/aromatic N) is 4. The first kappa shape index (κ1) is 20.1. The Kier molecular flexibility index (Phi) is 6.36. The highest BCUT2D eigenvalue weighted by Crippen LogP contribution is 2.32. The molecule has 0 radical (unpaired) electrons. The molecule has 0 spiro atoms. The first-order chi connectivity index (χ1) is 14.8. The van der Waals surface area contributed by atoms with Crippen LogP contribution in [0.2, 0.25) is 0 Å². The normalized spacial score (nSPS) is 16.0. The maximum Gasteiger partial charge on any atom is 0.330 e. The molecule has 0 bridgehead atoms. The minimum Gasteiger partial charge on any atom is -0.489 e. The van der Waals surface area contributed by atoms with Crippen LogP contribution >= 0.6 is 0 Å². The van der Waals surface area contributed by atoms with Gasteiger partial charge in [0.1, 0.15) is 24.0 Å². The first-order valence-electron chi connectivity index (χ1n) is 9.86. The number of hydrogen-bond donors (Lipinski definition) is 0. The molecular weight excluding hydrogens is 384 g/mol. The third-order valence-corrected chi connectivity index (χ3v) is 4.99. The molecule has 1 aliphatic heterocycles. The molecule has 0 N–H and O–H groups in total. The average Bonchev–Trinajstić information content (AvgIpc) is 3.22. The van der Waals surface area contributed by atoms with Gasteiger partial charge in [-0.2, -0.15) is 0 Å². The monoisotopic (exact) mass is 408 g/mol. The van der Waals surface area contributed by atoms with Crippen LogP contribution in [0.4, 0.5) is 0 Å². The zero-order valence-electron chi connectivity index (χ0n) is 16.8. The van der Waals surface area contributed by atoms with Crippen LogP contribution in [0.3, 0.4) is 0 Å². The lowest BCUT2D eigenvalue weighted by Crippen LogP contribution is -2.42. The van der Waals surface area contributed by atoms with E-state index in [0.29, 0.717) is 13.2 Å². The molecule has 8 nitrogen and oxygen atoms in total. The Hall–Kier alpha value is -3.23. The van der Waals surface area contributed by atoms with E-state index >= 15 is 0 Å². The van der Waals surface area contributed by atoms with Crippen LogP contribution in [-0.4, -0.2) is 65.9 Å². The molecule has 156 valence electrons. The molecule has 2 aromatic carbocycles. The maximum absolute atomic E-state index is 11.3. The zero-order valence-corrected chi connectivity index (χ0v) is 16.8. The molecule has 2 heterocycles. The summed E-state index contributed by atoms with van der Waals surface area (Å²) in [4.78, 5) is 13.6. The van der Waals surface area contributed by atoms with Gasteiger partial charge in [0.2, 0.25) is 0 Å². The van der Waals surface area contributed by atoms with E-state index in [1.807, 2.05) is 53.2 Å². The summed E-state index contributed by atoms with van der Waals surface area (Å²) in [5, 5.41) is 8.82. The van der Waals surface area contributed by atoms with Crippen molar-refractivity contribution in [2.75, 3.05) is 40.0 Å². The summed E-state index contributed by atoms with van der Waals surface area (Å²) in [6.07, 6.45) is 2.80. The molecule has 0 amide bonds. The third-order valence-electron chi connectivity index (χ3n) is 4.99. The second-order valence-corrected chi connectivity index (χ2v) is 6.82. The number of benzene rings is 2. The number of ether oxygens (including phenoxy) is 3. The highest BCUT2D eigenvalue weighted by Gasteiger charge is 2.29. The largest absolute Gasteiger partial charge is 0.489 e. The van der Waals surface area contributed by atoms with Crippen LogP contribution in [0.5, 0.6) is 5.75 Å². The molecule has 8 heteroatoms. The smallest absolute Gasteiger partial charge is 0.330 e. The topological polar surface area (TPSA) is 78.7 Å². The summed E-state index contributed by atoms with van der Waals surface area (Å²) in [5.41, 5.74) is 2.77. The van der Waals surface area contributed by atoms with Crippen LogP contribution in [0.25, 0.3) is 11.0 Å². The van der Waals surface area contributed by atoms with Crippen LogP contribution in [0, 0.1) is 0 Å². The molecule has 0 saturated carbocycles. The Labute approximate surface area is 174 Å². The Morgan fingerprint density at radius 2 is 1.93 bits per heavy atom. The lowest BCUT2D eigenvalue weighted by atomic mass is 10.1. The second-order valence-electron chi connectivity index (χ2n) is 6.82. The average molecular weight is 408 g/mol. The fourth-order valence-electron chi connectivity index (χ4n) is 3.55. The quantitative estimate of drug-likeness (QED) is 0.439. The van der Waals surface area contributed by atoms with Crippen molar-refractivity contribution in [2.45, 2.75) is 6.17 Å². The van der Waals surface area contributed by atoms with E-state index < -0.39 is 5.97 Å². The van der Waals surface area contributed by atoms with E-state index in [1.165, 1.54) is 13.2 Å². The van der Waals surface area contributed by atoms with Crippen molar-refractivity contribution in [3.05, 3.63) is 66.2 Å². The third kappa shape index (κ3) is 4.34. The standard InChI is InChI=1S/C22H24N4O4/c1-28-21(27)11-6-14-30-20-10-5-2-7-17(20)22(25-12-15-29-16-13-25)26-19-9-4-3-8-18(19)23-24-26/h2-11,22H,12-16H2,1H3. The summed E-state index contributed by atoms with van der Waals surface area (Å²) >= 11 is 0. The van der Waals surface area contributed by atoms with Crippen molar-refractivity contribution >= 4 is 17.0 Å². The number of hydrogen-bond acceptors (Lipinski definition) is 7. The Balaban J connectivity index is 1.69. The summed E-state index contributed by atoms with van der Waals surface area (Å²) in [6, 6.07) is 15.8. The summed E-state index contributed by atoms with van der Waals surface area (Å²) < 4.78 is 18.1. The fraction of sp³-hybridized carbons (Fsp3) is 0.318. The number of aromatic nitrogens is 3. The van der Waals surface area contributed by atoms with Crippen LogP contribution in [-0.2, 0) is 14.3 Å². The summed E-state index contributed by atoms with van der Waals surface area (Å²) in [5.74, 6) is 0.315. The lowest BCUT2D eigenvalue weighted by molar-refractivity contribution is -0.134. The first-order valence-corrected chi connectivity index (χ1v) is 9.86. The number of para-hydroxylation sites is 2. The lowest BCUT2D eigenvalue weighted by Gasteiger charge is -2.35. The number of fused-ring (bicyclic) bond motifs is 1. The molecule has 1 aliphatic rings. The zero-order chi connectivity index (χ0) is 20.8. The molecule has 0 aliphatic carbocycles. The van der Waals surface area contributed by atoms with Crippen molar-refractivity contribution < 1.29 is 19.0 Å². The number of rotatable bonds is 7. The van der Waals surface area contributed by atoms with Gasteiger partial charge in [0.05, 0.1) is 25.8 Å². The van der Waals surface area contributed by atoms with E-state index in [1.54, 1.807) is 6.08 Å². The molecule has 1 atom stereocenters. The summed E-state index contributed by atoms with van der Waals surface area (Å²) in [6.45, 7) is 3.12. The Bertz CT molecular complexity index is 1030. The fourth-order valence-corrected chi connectivity index (χ4v) is 3.55. The van der Waals surface area contributed by atoms with Gasteiger partial charge < -0.3 is 14.2 Å². The molecule has 1 saturated heterocycles. The van der Waals surface area contributed by atoms with E-state index in [0.717, 1.165) is 35.4 Å². The van der Waals surface area contributed by atoms with Gasteiger partial charge in [-0.15, -0.1) is 5.10 Å². The van der Waals surface area contributed by atoms with Gasteiger partial charge in [-0.3, -0.25) is 4.90 Å². The van der Waals surface area contributed by atoms with Crippen molar-refractivity contribution in [1.82, 2.24) is 19.9 Å². The number of morpholine rings is 1. The Morgan fingerprint density at radius 3 is 2.77 bits per heavy atom. The van der Waals surface area contributed by atoms with E-state index in [9.17, 15) is 4.79 Å². The van der Waals surface area contributed by atoms with Crippen LogP contribution in [0.1, 0.15) is 11.7 Å². The minimum absolute atomic E-state index is 0.193. The molecule has 30 heavy (non-hydrogen) atoms. The molecule has 3 aromatic rings. The predicted octanol–water partition coefficient (Wildman–Crippen LogP) is 2.42. The van der Waals surface area contributed by atoms with Gasteiger partial charge in [0, 0.05) is 24.7 Å². The van der Waals surface area contributed by atoms with Gasteiger partial charge in [-0.05, 0) is 24.3 Å². The van der Waals surface area contributed by atoms with E-state index in [4.69, 9.17) is 9.47 Å². The van der Waals surface area contributed by atoms with Crippen molar-refractivity contribution in [3.63, 3.8) is 0 Å². The highest BCUT2D eigenvalue weighted by atomic mass is 16.5. The van der Waals surface area contributed by atoms with Crippen LogP contribution < -0.4 is 4.74 Å². The number of methoxy groups -OCH3 is 1. The minimum atomic E-state index is -0.410. The van der Waals surface area contributed by atoms with Gasteiger partial charge in [-0.1, -0.05) is 35.5 Å². The SMILES string of the molecule is COC(=O)C=CCOc1ccccc1C(N1CCOCC1)n1nnc2ccccc21. The van der Waals surface area contributed by atoms with Crippen molar-refractivity contribution in [3.8, 4) is 5.75 Å². The second kappa shape index (κ2) is 9.51. The molecule has 1 fully saturated rings. The van der Waals surface area contributed by atoms with E-state index in [-0.39, 0.29) is 12.8 Å². The number of carbonyl (C=O) groups excluding carboxylic acids is 1. The van der Waals surface area contributed by atoms with Gasteiger partial charge in [0.15, 0.2) is 0 Å². The molecular formula is C22H24N4O4. The highest BCUT2D eigenvalue weighted by molar-refractivity contribution is 5.81. The van der Waals surface area contributed by atoms with Crippen molar-refractivity contribution in [1.29, 1.82) is 0 Å². The maximum atomic E-state index is 11.3. The van der Waals surface area contributed by atoms with Crippen molar-refractivity contribution in [2.24, 2.45) is 0 Å². The van der Waals surface area contributed by atoms with Gasteiger partial charge >= 0.3 is 5.97 Å². The number of esters is 1. The predicted molar refractivity (Wildman–Crippen MR) is 111 cm³/mol. The molecule has 1 unspecified atom stereocenters. The van der Waals surface area contributed by atoms with Crippen LogP contribution in [0.15, 0.2) is 60.7 Å². The Morgan fingerprint density at radius 1 is 1.17 bits per heavy atom. The number of carbonyl (C=O) groups is 1. The summed E-state index contributed by atoms with van der Waals surface area (Å²) in [7, 11) is 1.35. The van der Waals surface area contributed by atoms with Gasteiger partial charge in [-0.25, -0.2) is 9.48 Å². The van der Waals surface area contributed by atoms with Gasteiger partial charge in [0.25, 0.3) is 0 Å². The van der Waals surface area contributed by atoms with E-state index in [2.05, 4.69) is 19.9 Å². The molecule has 1 aromatic heterocycles.